The molecule has 2 aliphatic rings. The molecule has 10 rings (SSSR count). The van der Waals surface area contributed by atoms with Crippen LogP contribution in [0, 0.1) is 19.0 Å². The summed E-state index contributed by atoms with van der Waals surface area (Å²) >= 11 is 0. The van der Waals surface area contributed by atoms with E-state index in [1.54, 1.807) is 18.3 Å². The van der Waals surface area contributed by atoms with Crippen LogP contribution in [-0.4, -0.2) is 22.3 Å². The van der Waals surface area contributed by atoms with E-state index in [9.17, 15) is 0 Å². The minimum atomic E-state index is -2.27. The van der Waals surface area contributed by atoms with Crippen LogP contribution in [0.15, 0.2) is 146 Å². The molecular formula is C47H36N4Pt. The predicted octanol–water partition coefficient (Wildman–Crippen LogP) is 10.8. The Morgan fingerprint density at radius 1 is 0.692 bits per heavy atom. The molecule has 0 N–H and O–H groups in total. The average Bonchev–Trinajstić information content (AvgIpc) is 3.85. The summed E-state index contributed by atoms with van der Waals surface area (Å²) in [6, 6.07) is 56.7. The van der Waals surface area contributed by atoms with Gasteiger partial charge in [-0.25, -0.2) is 4.98 Å². The zero-order chi connectivity index (χ0) is 36.8. The average molecular weight is 855 g/mol. The van der Waals surface area contributed by atoms with Gasteiger partial charge in [0, 0.05) is 27.3 Å². The van der Waals surface area contributed by atoms with Crippen LogP contribution in [0.25, 0.3) is 38.8 Å². The van der Waals surface area contributed by atoms with E-state index >= 15 is 0 Å². The molecule has 0 atom stereocenters. The minimum Gasteiger partial charge on any atom is -0.349 e. The van der Waals surface area contributed by atoms with Gasteiger partial charge in [0.05, 0.1) is 18.0 Å². The summed E-state index contributed by atoms with van der Waals surface area (Å²) in [7, 11) is 0. The Hall–Kier alpha value is -5.44. The summed E-state index contributed by atoms with van der Waals surface area (Å²) in [5.74, 6) is 0.542. The summed E-state index contributed by atoms with van der Waals surface area (Å²) in [6.07, 6.45) is 1.59. The fourth-order valence-corrected chi connectivity index (χ4v) is 8.57. The normalized spacial score (nSPS) is 15.2. The molecule has 0 fully saturated rings. The van der Waals surface area contributed by atoms with Crippen LogP contribution < -0.4 is 9.80 Å². The Bertz CT molecular complexity index is 2720. The maximum atomic E-state index is 8.16. The van der Waals surface area contributed by atoms with Crippen molar-refractivity contribution in [1.82, 2.24) is 9.55 Å². The van der Waals surface area contributed by atoms with Crippen LogP contribution in [0.1, 0.15) is 45.8 Å². The Morgan fingerprint density at radius 2 is 1.38 bits per heavy atom. The molecule has 0 saturated heterocycles. The Labute approximate surface area is 323 Å². The maximum Gasteiger partial charge on any atom is 2.00 e. The SMILES string of the molecule is [2H]C([2H])([2H])c1ccnc(-n2c3[c-]c(C4(c5[c-]c(N6CN(C(C)C)c7ccccc76)ccc5)c5ccccc5-c5ccccc54)ccc3c3ccccc32)c1.[Pt+2]. The van der Waals surface area contributed by atoms with E-state index in [4.69, 9.17) is 9.10 Å². The van der Waals surface area contributed by atoms with Gasteiger partial charge >= 0.3 is 21.1 Å². The van der Waals surface area contributed by atoms with Gasteiger partial charge in [-0.3, -0.25) is 0 Å². The Morgan fingerprint density at radius 3 is 2.15 bits per heavy atom. The van der Waals surface area contributed by atoms with Crippen molar-refractivity contribution in [2.24, 2.45) is 0 Å². The van der Waals surface area contributed by atoms with Crippen molar-refractivity contribution in [2.75, 3.05) is 16.5 Å². The van der Waals surface area contributed by atoms with Crippen molar-refractivity contribution in [1.29, 1.82) is 0 Å². The molecule has 6 aromatic carbocycles. The third-order valence-corrected chi connectivity index (χ3v) is 10.8. The zero-order valence-corrected chi connectivity index (χ0v) is 31.0. The van der Waals surface area contributed by atoms with Crippen molar-refractivity contribution in [3.8, 4) is 16.9 Å². The van der Waals surface area contributed by atoms with Gasteiger partial charge in [-0.2, -0.15) is 36.4 Å². The summed E-state index contributed by atoms with van der Waals surface area (Å²) in [5, 5.41) is 2.07. The third kappa shape index (κ3) is 4.60. The monoisotopic (exact) mass is 854 g/mol. The molecule has 0 saturated carbocycles. The molecule has 5 heteroatoms. The van der Waals surface area contributed by atoms with Gasteiger partial charge in [-0.1, -0.05) is 90.1 Å². The predicted molar refractivity (Wildman–Crippen MR) is 209 cm³/mol. The van der Waals surface area contributed by atoms with E-state index in [1.165, 1.54) is 33.6 Å². The van der Waals surface area contributed by atoms with E-state index in [-0.39, 0.29) is 26.6 Å². The van der Waals surface area contributed by atoms with Crippen LogP contribution >= 0.6 is 0 Å². The van der Waals surface area contributed by atoms with E-state index in [1.807, 2.05) is 12.1 Å². The number of nitrogens with zero attached hydrogens (tertiary/aromatic N) is 4. The summed E-state index contributed by atoms with van der Waals surface area (Å²) < 4.78 is 26.5. The van der Waals surface area contributed by atoms with Crippen molar-refractivity contribution in [3.05, 3.63) is 186 Å². The fraction of sp³-hybridized carbons (Fsp3) is 0.128. The van der Waals surface area contributed by atoms with Gasteiger partial charge in [0.15, 0.2) is 0 Å². The minimum absolute atomic E-state index is 0. The number of rotatable bonds is 5. The molecule has 0 unspecified atom stereocenters. The van der Waals surface area contributed by atoms with E-state index in [2.05, 4.69) is 156 Å². The van der Waals surface area contributed by atoms with Crippen LogP contribution in [0.4, 0.5) is 17.1 Å². The first kappa shape index (κ1) is 29.2. The van der Waals surface area contributed by atoms with Crippen LogP contribution in [0.2, 0.25) is 0 Å². The molecule has 8 aromatic rings. The van der Waals surface area contributed by atoms with Crippen LogP contribution in [0.5, 0.6) is 0 Å². The quantitative estimate of drug-likeness (QED) is 0.161. The number of hydrogen-bond donors (Lipinski definition) is 0. The number of anilines is 3. The molecule has 4 nitrogen and oxygen atoms in total. The van der Waals surface area contributed by atoms with Gasteiger partial charge in [-0.15, -0.1) is 22.6 Å². The maximum absolute atomic E-state index is 8.16. The Balaban J connectivity index is 0.00000397. The topological polar surface area (TPSA) is 24.3 Å². The fourth-order valence-electron chi connectivity index (χ4n) is 8.57. The number of para-hydroxylation sites is 3. The first-order chi connectivity index (χ1) is 26.2. The zero-order valence-electron chi connectivity index (χ0n) is 31.7. The molecule has 52 heavy (non-hydrogen) atoms. The largest absolute Gasteiger partial charge is 2.00 e. The van der Waals surface area contributed by atoms with Gasteiger partial charge in [0.2, 0.25) is 0 Å². The van der Waals surface area contributed by atoms with Gasteiger partial charge in [0.25, 0.3) is 0 Å². The summed E-state index contributed by atoms with van der Waals surface area (Å²) in [6.45, 7) is 2.94. The second kappa shape index (κ2) is 12.4. The standard InChI is InChI=1S/C47H36N4.Pt/c1-31(2)49-30-50(44-22-11-10-21-43(44)49)35-14-12-13-33(28-35)47(40-18-7-4-15-36(40)37-16-5-8-19-41(37)47)34-23-24-39-38-17-6-9-20-42(38)51(45(39)29-34)46-27-32(3)25-26-48-46;/h4-27,31H,30H2,1-3H3;/q-2;+2/i3D3;. The second-order valence-electron chi connectivity index (χ2n) is 13.8. The molecule has 3 heterocycles. The third-order valence-electron chi connectivity index (χ3n) is 10.8. The summed E-state index contributed by atoms with van der Waals surface area (Å²) in [4.78, 5) is 9.54. The second-order valence-corrected chi connectivity index (χ2v) is 13.8. The number of fused-ring (bicyclic) bond motifs is 7. The smallest absolute Gasteiger partial charge is 0.349 e. The van der Waals surface area contributed by atoms with Crippen LogP contribution in [-0.2, 0) is 26.5 Å². The number of hydrogen-bond acceptors (Lipinski definition) is 3. The molecule has 0 amide bonds. The Kier molecular flexibility index (Phi) is 6.93. The number of benzene rings is 6. The van der Waals surface area contributed by atoms with E-state index < -0.39 is 12.3 Å². The van der Waals surface area contributed by atoms with E-state index in [0.29, 0.717) is 11.9 Å². The molecule has 1 aliphatic heterocycles. The van der Waals surface area contributed by atoms with Gasteiger partial charge in [-0.05, 0) is 84.2 Å². The van der Waals surface area contributed by atoms with Gasteiger partial charge in [0.1, 0.15) is 5.82 Å². The molecule has 0 spiro atoms. The van der Waals surface area contributed by atoms with Gasteiger partial charge < -0.3 is 14.4 Å². The first-order valence-corrected chi connectivity index (χ1v) is 17.5. The van der Waals surface area contributed by atoms with Crippen molar-refractivity contribution in [2.45, 2.75) is 32.2 Å². The molecule has 0 bridgehead atoms. The van der Waals surface area contributed by atoms with Crippen molar-refractivity contribution < 1.29 is 25.2 Å². The van der Waals surface area contributed by atoms with Crippen LogP contribution in [0.3, 0.4) is 0 Å². The molecule has 1 aliphatic carbocycles. The molecular weight excluding hydrogens is 816 g/mol. The van der Waals surface area contributed by atoms with Crippen molar-refractivity contribution in [3.63, 3.8) is 0 Å². The number of pyridine rings is 1. The van der Waals surface area contributed by atoms with Crippen molar-refractivity contribution >= 4 is 38.9 Å². The molecule has 2 aromatic heterocycles. The molecule has 254 valence electrons. The first-order valence-electron chi connectivity index (χ1n) is 19.0. The number of aromatic nitrogens is 2. The number of aryl methyl sites for hydroxylation is 1. The molecule has 0 radical (unpaired) electrons. The van der Waals surface area contributed by atoms with E-state index in [0.717, 1.165) is 45.3 Å². The summed E-state index contributed by atoms with van der Waals surface area (Å²) in [5.41, 5.74) is 11.4.